The molecule has 1 fully saturated rings. The van der Waals surface area contributed by atoms with Crippen LogP contribution in [-0.4, -0.2) is 33.4 Å². The van der Waals surface area contributed by atoms with Crippen LogP contribution in [0.25, 0.3) is 5.69 Å². The second-order valence-corrected chi connectivity index (χ2v) is 6.42. The molecule has 0 unspecified atom stereocenters. The van der Waals surface area contributed by atoms with E-state index in [4.69, 9.17) is 9.26 Å². The molecule has 2 aromatic heterocycles. The molecule has 0 saturated heterocycles. The molecule has 1 N–H and O–H groups in total. The van der Waals surface area contributed by atoms with Crippen molar-refractivity contribution in [2.24, 2.45) is 0 Å². The fraction of sp³-hybridized carbons (Fsp3) is 0.263. The molecule has 8 heteroatoms. The lowest BCUT2D eigenvalue weighted by Gasteiger charge is -2.07. The van der Waals surface area contributed by atoms with Gasteiger partial charge in [0, 0.05) is 12.0 Å². The van der Waals surface area contributed by atoms with Gasteiger partial charge in [0.1, 0.15) is 5.76 Å². The van der Waals surface area contributed by atoms with Crippen LogP contribution in [0.4, 0.5) is 5.82 Å². The van der Waals surface area contributed by atoms with E-state index in [0.717, 1.165) is 24.2 Å². The number of aryl methyl sites for hydroxylation is 1. The largest absolute Gasteiger partial charge is 0.451 e. The first-order valence-corrected chi connectivity index (χ1v) is 8.66. The third-order valence-corrected chi connectivity index (χ3v) is 4.16. The zero-order chi connectivity index (χ0) is 18.8. The summed E-state index contributed by atoms with van der Waals surface area (Å²) in [6.45, 7) is 1.29. The molecule has 3 aromatic rings. The third-order valence-electron chi connectivity index (χ3n) is 4.16. The van der Waals surface area contributed by atoms with Gasteiger partial charge in [-0.15, -0.1) is 0 Å². The standard InChI is InChI=1S/C19H18N4O4/c1-12-9-17(22-27-12)20-18(24)11-26-19(25)16-10-15(13-7-8-13)21-23(16)14-5-3-2-4-6-14/h2-6,9-10,13H,7-8,11H2,1H3,(H,20,22,24). The summed E-state index contributed by atoms with van der Waals surface area (Å²) in [6, 6.07) is 12.7. The van der Waals surface area contributed by atoms with E-state index in [-0.39, 0.29) is 5.82 Å². The molecule has 0 spiro atoms. The van der Waals surface area contributed by atoms with Gasteiger partial charge in [-0.3, -0.25) is 4.79 Å². The van der Waals surface area contributed by atoms with E-state index >= 15 is 0 Å². The summed E-state index contributed by atoms with van der Waals surface area (Å²) in [7, 11) is 0. The van der Waals surface area contributed by atoms with E-state index in [9.17, 15) is 9.59 Å². The maximum absolute atomic E-state index is 12.6. The lowest BCUT2D eigenvalue weighted by molar-refractivity contribution is -0.119. The van der Waals surface area contributed by atoms with Crippen LogP contribution in [0.15, 0.2) is 47.0 Å². The lowest BCUT2D eigenvalue weighted by Crippen LogP contribution is -2.22. The van der Waals surface area contributed by atoms with E-state index in [1.807, 2.05) is 30.3 Å². The number of carbonyl (C=O) groups excluding carboxylic acids is 2. The Bertz CT molecular complexity index is 973. The van der Waals surface area contributed by atoms with E-state index in [0.29, 0.717) is 17.4 Å². The molecule has 1 aliphatic rings. The van der Waals surface area contributed by atoms with E-state index in [1.165, 1.54) is 0 Å². The summed E-state index contributed by atoms with van der Waals surface area (Å²) >= 11 is 0. The van der Waals surface area contributed by atoms with E-state index < -0.39 is 18.5 Å². The van der Waals surface area contributed by atoms with Crippen LogP contribution in [0.3, 0.4) is 0 Å². The summed E-state index contributed by atoms with van der Waals surface area (Å²) < 4.78 is 11.6. The first-order valence-electron chi connectivity index (χ1n) is 8.66. The van der Waals surface area contributed by atoms with Gasteiger partial charge in [-0.2, -0.15) is 5.10 Å². The summed E-state index contributed by atoms with van der Waals surface area (Å²) in [5, 5.41) is 10.7. The molecular weight excluding hydrogens is 348 g/mol. The number of carbonyl (C=O) groups is 2. The molecule has 8 nitrogen and oxygen atoms in total. The molecule has 4 rings (SSSR count). The summed E-state index contributed by atoms with van der Waals surface area (Å²) in [6.07, 6.45) is 2.14. The van der Waals surface area contributed by atoms with E-state index in [1.54, 1.807) is 23.7 Å². The number of hydrogen-bond donors (Lipinski definition) is 1. The SMILES string of the molecule is Cc1cc(NC(=O)COC(=O)c2cc(C3CC3)nn2-c2ccccc2)no1. The van der Waals surface area contributed by atoms with Gasteiger partial charge in [0.25, 0.3) is 5.91 Å². The number of amides is 1. The van der Waals surface area contributed by atoms with Gasteiger partial charge in [0.15, 0.2) is 18.1 Å². The predicted octanol–water partition coefficient (Wildman–Crippen LogP) is 2.84. The smallest absolute Gasteiger partial charge is 0.357 e. The minimum atomic E-state index is -0.607. The summed E-state index contributed by atoms with van der Waals surface area (Å²) in [5.41, 5.74) is 1.93. The van der Waals surface area contributed by atoms with Gasteiger partial charge in [0.2, 0.25) is 0 Å². The number of rotatable bonds is 6. The van der Waals surface area contributed by atoms with Crippen molar-refractivity contribution in [1.29, 1.82) is 0 Å². The zero-order valence-corrected chi connectivity index (χ0v) is 14.7. The van der Waals surface area contributed by atoms with Crippen LogP contribution < -0.4 is 5.32 Å². The van der Waals surface area contributed by atoms with Gasteiger partial charge in [-0.25, -0.2) is 9.48 Å². The zero-order valence-electron chi connectivity index (χ0n) is 14.7. The molecule has 0 aliphatic heterocycles. The van der Waals surface area contributed by atoms with Crippen LogP contribution in [0, 0.1) is 6.92 Å². The highest BCUT2D eigenvalue weighted by Gasteiger charge is 2.29. The topological polar surface area (TPSA) is 99.2 Å². The first kappa shape index (κ1) is 17.0. The highest BCUT2D eigenvalue weighted by atomic mass is 16.5. The molecule has 138 valence electrons. The molecular formula is C19H18N4O4. The van der Waals surface area contributed by atoms with Crippen molar-refractivity contribution < 1.29 is 18.8 Å². The first-order chi connectivity index (χ1) is 13.1. The number of esters is 1. The second kappa shape index (κ2) is 7.06. The van der Waals surface area contributed by atoms with Gasteiger partial charge < -0.3 is 14.6 Å². The summed E-state index contributed by atoms with van der Waals surface area (Å²) in [4.78, 5) is 24.5. The Hall–Kier alpha value is -3.42. The van der Waals surface area contributed by atoms with Crippen molar-refractivity contribution in [3.8, 4) is 5.69 Å². The average Bonchev–Trinajstić information content (AvgIpc) is 3.30. The molecule has 0 bridgehead atoms. The number of ether oxygens (including phenoxy) is 1. The number of para-hydroxylation sites is 1. The Balaban J connectivity index is 1.47. The van der Waals surface area contributed by atoms with E-state index in [2.05, 4.69) is 15.6 Å². The second-order valence-electron chi connectivity index (χ2n) is 6.42. The number of aromatic nitrogens is 3. The van der Waals surface area contributed by atoms with Crippen LogP contribution in [0.2, 0.25) is 0 Å². The predicted molar refractivity (Wildman–Crippen MR) is 95.7 cm³/mol. The van der Waals surface area contributed by atoms with Crippen molar-refractivity contribution in [2.45, 2.75) is 25.7 Å². The number of benzene rings is 1. The highest BCUT2D eigenvalue weighted by molar-refractivity contribution is 5.94. The highest BCUT2D eigenvalue weighted by Crippen LogP contribution is 2.39. The molecule has 0 radical (unpaired) electrons. The number of hydrogen-bond acceptors (Lipinski definition) is 6. The van der Waals surface area contributed by atoms with Crippen molar-refractivity contribution in [2.75, 3.05) is 11.9 Å². The average molecular weight is 366 g/mol. The van der Waals surface area contributed by atoms with Gasteiger partial charge >= 0.3 is 5.97 Å². The van der Waals surface area contributed by atoms with Gasteiger partial charge in [0.05, 0.1) is 11.4 Å². The summed E-state index contributed by atoms with van der Waals surface area (Å²) in [5.74, 6) is 0.135. The Labute approximate surface area is 155 Å². The molecule has 1 saturated carbocycles. The fourth-order valence-electron chi connectivity index (χ4n) is 2.70. The Kier molecular flexibility index (Phi) is 4.45. The number of nitrogens with one attached hydrogen (secondary N) is 1. The van der Waals surface area contributed by atoms with Gasteiger partial charge in [-0.05, 0) is 38.0 Å². The molecule has 0 atom stereocenters. The van der Waals surface area contributed by atoms with Crippen LogP contribution in [0.1, 0.15) is 40.7 Å². The fourth-order valence-corrected chi connectivity index (χ4v) is 2.70. The van der Waals surface area contributed by atoms with Crippen molar-refractivity contribution >= 4 is 17.7 Å². The van der Waals surface area contributed by atoms with Crippen LogP contribution >= 0.6 is 0 Å². The maximum atomic E-state index is 12.6. The van der Waals surface area contributed by atoms with Crippen LogP contribution in [0.5, 0.6) is 0 Å². The molecule has 2 heterocycles. The minimum absolute atomic E-state index is 0.277. The number of anilines is 1. The quantitative estimate of drug-likeness (QED) is 0.674. The maximum Gasteiger partial charge on any atom is 0.357 e. The third kappa shape index (κ3) is 3.89. The normalized spacial score (nSPS) is 13.4. The Morgan fingerprint density at radius 1 is 1.26 bits per heavy atom. The monoisotopic (exact) mass is 366 g/mol. The Morgan fingerprint density at radius 2 is 2.04 bits per heavy atom. The number of nitrogens with zero attached hydrogens (tertiary/aromatic N) is 3. The van der Waals surface area contributed by atoms with Crippen molar-refractivity contribution in [1.82, 2.24) is 14.9 Å². The van der Waals surface area contributed by atoms with Crippen LogP contribution in [-0.2, 0) is 9.53 Å². The van der Waals surface area contributed by atoms with Gasteiger partial charge in [-0.1, -0.05) is 23.4 Å². The molecule has 1 amide bonds. The molecule has 27 heavy (non-hydrogen) atoms. The molecule has 1 aromatic carbocycles. The van der Waals surface area contributed by atoms with Crippen molar-refractivity contribution in [3.05, 3.63) is 59.6 Å². The lowest BCUT2D eigenvalue weighted by atomic mass is 10.2. The molecule has 1 aliphatic carbocycles. The Morgan fingerprint density at radius 3 is 2.70 bits per heavy atom. The van der Waals surface area contributed by atoms with Crippen molar-refractivity contribution in [3.63, 3.8) is 0 Å². The minimum Gasteiger partial charge on any atom is -0.451 e.